The Morgan fingerprint density at radius 1 is 1.54 bits per heavy atom. The predicted octanol–water partition coefficient (Wildman–Crippen LogP) is 3.03. The van der Waals surface area contributed by atoms with Gasteiger partial charge in [0.05, 0.1) is 0 Å². The first-order valence-corrected chi connectivity index (χ1v) is 5.08. The van der Waals surface area contributed by atoms with E-state index in [1.54, 1.807) is 0 Å². The molecule has 0 amide bonds. The third kappa shape index (κ3) is 4.11. The van der Waals surface area contributed by atoms with Crippen LogP contribution >= 0.6 is 0 Å². The summed E-state index contributed by atoms with van der Waals surface area (Å²) in [5, 5.41) is 0. The van der Waals surface area contributed by atoms with Gasteiger partial charge < -0.3 is 4.74 Å². The molecule has 1 aliphatic carbocycles. The van der Waals surface area contributed by atoms with Crippen LogP contribution in [0.2, 0.25) is 0 Å². The van der Waals surface area contributed by atoms with Crippen LogP contribution in [-0.4, -0.2) is 5.97 Å². The first-order valence-electron chi connectivity index (χ1n) is 5.08. The van der Waals surface area contributed by atoms with E-state index >= 15 is 0 Å². The van der Waals surface area contributed by atoms with Crippen molar-refractivity contribution in [2.45, 2.75) is 46.0 Å². The smallest absolute Gasteiger partial charge is 0.311 e. The first-order chi connectivity index (χ1) is 6.18. The van der Waals surface area contributed by atoms with Crippen molar-refractivity contribution in [3.63, 3.8) is 0 Å². The van der Waals surface area contributed by atoms with E-state index in [2.05, 4.69) is 0 Å². The fourth-order valence-corrected chi connectivity index (χ4v) is 1.42. The number of ether oxygens (including phenoxy) is 1. The van der Waals surface area contributed by atoms with Crippen LogP contribution in [0.15, 0.2) is 11.8 Å². The topological polar surface area (TPSA) is 26.3 Å². The standard InChI is InChI=1S/C11H18O2/c1-9(2)8-11(12)13-10-6-4-3-5-7-10/h6,9H,3-5,7-8H2,1-2H3. The summed E-state index contributed by atoms with van der Waals surface area (Å²) >= 11 is 0. The second-order valence-corrected chi connectivity index (χ2v) is 3.99. The summed E-state index contributed by atoms with van der Waals surface area (Å²) in [4.78, 5) is 11.3. The number of allylic oxidation sites excluding steroid dienone is 2. The molecular formula is C11H18O2. The van der Waals surface area contributed by atoms with E-state index in [9.17, 15) is 4.79 Å². The van der Waals surface area contributed by atoms with Crippen LogP contribution in [0.25, 0.3) is 0 Å². The zero-order valence-corrected chi connectivity index (χ0v) is 8.51. The van der Waals surface area contributed by atoms with Gasteiger partial charge in [0.2, 0.25) is 0 Å². The summed E-state index contributed by atoms with van der Waals surface area (Å²) in [6.07, 6.45) is 6.94. The lowest BCUT2D eigenvalue weighted by atomic mass is 10.1. The first kappa shape index (κ1) is 10.3. The van der Waals surface area contributed by atoms with Crippen LogP contribution in [0.4, 0.5) is 0 Å². The van der Waals surface area contributed by atoms with E-state index in [1.165, 1.54) is 6.42 Å². The van der Waals surface area contributed by atoms with Gasteiger partial charge in [-0.15, -0.1) is 0 Å². The summed E-state index contributed by atoms with van der Waals surface area (Å²) in [6, 6.07) is 0. The lowest BCUT2D eigenvalue weighted by Crippen LogP contribution is -2.08. The van der Waals surface area contributed by atoms with Crippen LogP contribution in [-0.2, 0) is 9.53 Å². The number of hydrogen-bond donors (Lipinski definition) is 0. The fraction of sp³-hybridized carbons (Fsp3) is 0.727. The third-order valence-electron chi connectivity index (χ3n) is 2.07. The average molecular weight is 182 g/mol. The Morgan fingerprint density at radius 3 is 2.85 bits per heavy atom. The van der Waals surface area contributed by atoms with Gasteiger partial charge in [-0.05, 0) is 31.3 Å². The number of rotatable bonds is 3. The molecule has 0 aliphatic heterocycles. The molecular weight excluding hydrogens is 164 g/mol. The van der Waals surface area contributed by atoms with Crippen molar-refractivity contribution in [2.24, 2.45) is 5.92 Å². The van der Waals surface area contributed by atoms with Gasteiger partial charge in [0.1, 0.15) is 5.76 Å². The van der Waals surface area contributed by atoms with E-state index in [0.717, 1.165) is 25.0 Å². The lowest BCUT2D eigenvalue weighted by molar-refractivity contribution is -0.140. The van der Waals surface area contributed by atoms with Crippen LogP contribution in [0, 0.1) is 5.92 Å². The van der Waals surface area contributed by atoms with E-state index in [0.29, 0.717) is 12.3 Å². The molecule has 0 atom stereocenters. The Bertz CT molecular complexity index is 204. The maximum absolute atomic E-state index is 11.3. The Hall–Kier alpha value is -0.790. The highest BCUT2D eigenvalue weighted by Crippen LogP contribution is 2.19. The number of carbonyl (C=O) groups is 1. The van der Waals surface area contributed by atoms with Crippen molar-refractivity contribution < 1.29 is 9.53 Å². The number of hydrogen-bond acceptors (Lipinski definition) is 2. The van der Waals surface area contributed by atoms with Gasteiger partial charge in [-0.25, -0.2) is 0 Å². The molecule has 1 aliphatic rings. The average Bonchev–Trinajstić information content (AvgIpc) is 2.04. The summed E-state index contributed by atoms with van der Waals surface area (Å²) in [6.45, 7) is 4.05. The monoisotopic (exact) mass is 182 g/mol. The molecule has 0 aromatic carbocycles. The number of esters is 1. The van der Waals surface area contributed by atoms with Crippen molar-refractivity contribution in [3.05, 3.63) is 11.8 Å². The van der Waals surface area contributed by atoms with Gasteiger partial charge in [0.25, 0.3) is 0 Å². The fourth-order valence-electron chi connectivity index (χ4n) is 1.42. The molecule has 2 heteroatoms. The molecule has 13 heavy (non-hydrogen) atoms. The molecule has 0 aromatic heterocycles. The Labute approximate surface area is 80.0 Å². The van der Waals surface area contributed by atoms with Crippen molar-refractivity contribution in [2.75, 3.05) is 0 Å². The minimum Gasteiger partial charge on any atom is -0.431 e. The molecule has 0 aromatic rings. The molecule has 1 rings (SSSR count). The van der Waals surface area contributed by atoms with Gasteiger partial charge >= 0.3 is 5.97 Å². The minimum absolute atomic E-state index is 0.0804. The van der Waals surface area contributed by atoms with Gasteiger partial charge in [-0.2, -0.15) is 0 Å². The Balaban J connectivity index is 2.30. The van der Waals surface area contributed by atoms with Crippen LogP contribution in [0.1, 0.15) is 46.0 Å². The van der Waals surface area contributed by atoms with Crippen LogP contribution < -0.4 is 0 Å². The normalized spacial score (nSPS) is 17.0. The van der Waals surface area contributed by atoms with E-state index < -0.39 is 0 Å². The van der Waals surface area contributed by atoms with Crippen molar-refractivity contribution in [1.82, 2.24) is 0 Å². The molecule has 0 saturated heterocycles. The maximum Gasteiger partial charge on any atom is 0.311 e. The molecule has 2 nitrogen and oxygen atoms in total. The summed E-state index contributed by atoms with van der Waals surface area (Å²) in [5.41, 5.74) is 0. The summed E-state index contributed by atoms with van der Waals surface area (Å²) in [5.74, 6) is 1.19. The van der Waals surface area contributed by atoms with Gasteiger partial charge in [0, 0.05) is 12.8 Å². The van der Waals surface area contributed by atoms with Crippen LogP contribution in [0.3, 0.4) is 0 Å². The second kappa shape index (κ2) is 5.05. The Kier molecular flexibility index (Phi) is 4.00. The van der Waals surface area contributed by atoms with Gasteiger partial charge in [-0.1, -0.05) is 13.8 Å². The SMILES string of the molecule is CC(C)CC(=O)OC1=CCCCC1. The molecule has 74 valence electrons. The largest absolute Gasteiger partial charge is 0.431 e. The van der Waals surface area contributed by atoms with E-state index in [4.69, 9.17) is 4.74 Å². The molecule has 0 unspecified atom stereocenters. The molecule has 0 spiro atoms. The van der Waals surface area contributed by atoms with Crippen molar-refractivity contribution >= 4 is 5.97 Å². The zero-order chi connectivity index (χ0) is 9.68. The molecule has 0 N–H and O–H groups in total. The third-order valence-corrected chi connectivity index (χ3v) is 2.07. The van der Waals surface area contributed by atoms with E-state index in [1.807, 2.05) is 19.9 Å². The van der Waals surface area contributed by atoms with Crippen molar-refractivity contribution in [3.8, 4) is 0 Å². The maximum atomic E-state index is 11.3. The highest BCUT2D eigenvalue weighted by Gasteiger charge is 2.11. The molecule has 0 bridgehead atoms. The zero-order valence-electron chi connectivity index (χ0n) is 8.51. The number of carbonyl (C=O) groups excluding carboxylic acids is 1. The Morgan fingerprint density at radius 2 is 2.31 bits per heavy atom. The van der Waals surface area contributed by atoms with Crippen LogP contribution in [0.5, 0.6) is 0 Å². The summed E-state index contributed by atoms with van der Waals surface area (Å²) < 4.78 is 5.22. The predicted molar refractivity (Wildman–Crippen MR) is 52.1 cm³/mol. The minimum atomic E-state index is -0.0804. The highest BCUT2D eigenvalue weighted by atomic mass is 16.5. The highest BCUT2D eigenvalue weighted by molar-refractivity contribution is 5.70. The molecule has 0 heterocycles. The van der Waals surface area contributed by atoms with Gasteiger partial charge in [0.15, 0.2) is 0 Å². The van der Waals surface area contributed by atoms with Gasteiger partial charge in [-0.3, -0.25) is 4.79 Å². The summed E-state index contributed by atoms with van der Waals surface area (Å²) in [7, 11) is 0. The second-order valence-electron chi connectivity index (χ2n) is 3.99. The lowest BCUT2D eigenvalue weighted by Gasteiger charge is -2.13. The molecule has 0 saturated carbocycles. The molecule has 0 radical (unpaired) electrons. The molecule has 0 fully saturated rings. The quantitative estimate of drug-likeness (QED) is 0.627. The van der Waals surface area contributed by atoms with E-state index in [-0.39, 0.29) is 5.97 Å². The van der Waals surface area contributed by atoms with Crippen molar-refractivity contribution in [1.29, 1.82) is 0 Å².